The van der Waals surface area contributed by atoms with E-state index in [1.54, 1.807) is 18.2 Å². The topological polar surface area (TPSA) is 75.7 Å². The number of hydrogen-bond acceptors (Lipinski definition) is 4. The predicted molar refractivity (Wildman–Crippen MR) is 148 cm³/mol. The van der Waals surface area contributed by atoms with Gasteiger partial charge in [0.15, 0.2) is 0 Å². The van der Waals surface area contributed by atoms with E-state index >= 15 is 0 Å². The highest BCUT2D eigenvalue weighted by Gasteiger charge is 2.28. The normalized spacial score (nSPS) is 12.6. The van der Waals surface area contributed by atoms with E-state index in [1.807, 2.05) is 38.1 Å². The van der Waals surface area contributed by atoms with Crippen LogP contribution in [0.15, 0.2) is 76.1 Å². The highest BCUT2D eigenvalue weighted by Crippen LogP contribution is 2.31. The Bertz CT molecular complexity index is 1320. The first-order valence-electron chi connectivity index (χ1n) is 11.7. The van der Waals surface area contributed by atoms with E-state index in [1.165, 1.54) is 24.8 Å². The van der Waals surface area contributed by atoms with Crippen molar-refractivity contribution in [1.29, 1.82) is 0 Å². The number of halogens is 1. The third-order valence-electron chi connectivity index (χ3n) is 5.97. The maximum absolute atomic E-state index is 13.7. The molecule has 192 valence electrons. The average Bonchev–Trinajstić information content (AvgIpc) is 2.82. The highest BCUT2D eigenvalue weighted by atomic mass is 79.9. The fourth-order valence-corrected chi connectivity index (χ4v) is 5.87. The summed E-state index contributed by atoms with van der Waals surface area (Å²) in [5.74, 6) is 0.110. The molecule has 3 aromatic carbocycles. The van der Waals surface area contributed by atoms with E-state index in [-0.39, 0.29) is 22.9 Å². The zero-order valence-electron chi connectivity index (χ0n) is 21.5. The molecule has 0 fully saturated rings. The predicted octanol–water partition coefficient (Wildman–Crippen LogP) is 6.14. The van der Waals surface area contributed by atoms with Gasteiger partial charge in [-0.3, -0.25) is 9.10 Å². The van der Waals surface area contributed by atoms with Crippen molar-refractivity contribution in [3.63, 3.8) is 0 Å². The Balaban J connectivity index is 1.87. The number of sulfonamides is 1. The number of nitrogens with zero attached hydrogens (tertiary/aromatic N) is 1. The number of methoxy groups -OCH3 is 1. The monoisotopic (exact) mass is 572 g/mol. The zero-order chi connectivity index (χ0) is 26.7. The van der Waals surface area contributed by atoms with Gasteiger partial charge in [-0.05, 0) is 76.7 Å². The summed E-state index contributed by atoms with van der Waals surface area (Å²) >= 11 is 3.35. The van der Waals surface area contributed by atoms with Crippen LogP contribution in [0.5, 0.6) is 5.75 Å². The summed E-state index contributed by atoms with van der Waals surface area (Å²) in [5.41, 5.74) is 3.57. The molecule has 1 unspecified atom stereocenters. The van der Waals surface area contributed by atoms with Crippen LogP contribution in [-0.4, -0.2) is 28.0 Å². The number of carbonyl (C=O) groups excluding carboxylic acids is 1. The van der Waals surface area contributed by atoms with Gasteiger partial charge in [0.05, 0.1) is 28.2 Å². The van der Waals surface area contributed by atoms with E-state index < -0.39 is 15.9 Å². The Kier molecular flexibility index (Phi) is 8.52. The molecule has 6 nitrogen and oxygen atoms in total. The summed E-state index contributed by atoms with van der Waals surface area (Å²) in [6, 6.07) is 19.4. The van der Waals surface area contributed by atoms with Crippen LogP contribution in [0, 0.1) is 6.92 Å². The fourth-order valence-electron chi connectivity index (χ4n) is 3.73. The molecule has 0 aromatic heterocycles. The van der Waals surface area contributed by atoms with E-state index in [0.29, 0.717) is 15.9 Å². The molecule has 1 amide bonds. The average molecular weight is 574 g/mol. The van der Waals surface area contributed by atoms with Gasteiger partial charge in [0.25, 0.3) is 10.0 Å². The largest absolute Gasteiger partial charge is 0.496 e. The second-order valence-electron chi connectivity index (χ2n) is 9.80. The van der Waals surface area contributed by atoms with Crippen LogP contribution >= 0.6 is 15.9 Å². The molecule has 0 aliphatic carbocycles. The summed E-state index contributed by atoms with van der Waals surface area (Å²) in [7, 11) is -2.54. The first-order valence-corrected chi connectivity index (χ1v) is 13.9. The quantitative estimate of drug-likeness (QED) is 0.352. The lowest BCUT2D eigenvalue weighted by Crippen LogP contribution is -2.41. The number of nitrogens with one attached hydrogen (secondary N) is 1. The molecule has 8 heteroatoms. The van der Waals surface area contributed by atoms with Gasteiger partial charge in [-0.15, -0.1) is 0 Å². The number of carbonyl (C=O) groups is 1. The molecular weight excluding hydrogens is 540 g/mol. The lowest BCUT2D eigenvalue weighted by molar-refractivity contribution is -0.120. The van der Waals surface area contributed by atoms with Gasteiger partial charge >= 0.3 is 0 Å². The molecule has 3 rings (SSSR count). The van der Waals surface area contributed by atoms with Gasteiger partial charge in [-0.2, -0.15) is 0 Å². The first-order chi connectivity index (χ1) is 16.8. The summed E-state index contributed by atoms with van der Waals surface area (Å²) < 4.78 is 34.2. The maximum atomic E-state index is 13.7. The Hall–Kier alpha value is -2.84. The molecule has 1 N–H and O–H groups in total. The van der Waals surface area contributed by atoms with Crippen LogP contribution in [0.25, 0.3) is 0 Å². The van der Waals surface area contributed by atoms with Gasteiger partial charge in [-0.25, -0.2) is 8.42 Å². The Morgan fingerprint density at radius 3 is 2.17 bits per heavy atom. The highest BCUT2D eigenvalue weighted by molar-refractivity contribution is 9.10. The lowest BCUT2D eigenvalue weighted by atomic mass is 9.86. The zero-order valence-corrected chi connectivity index (χ0v) is 23.9. The number of benzene rings is 3. The van der Waals surface area contributed by atoms with Crippen LogP contribution in [0.3, 0.4) is 0 Å². The van der Waals surface area contributed by atoms with Crippen LogP contribution in [0.1, 0.15) is 50.4 Å². The lowest BCUT2D eigenvalue weighted by Gasteiger charge is -2.26. The molecule has 0 bridgehead atoms. The summed E-state index contributed by atoms with van der Waals surface area (Å²) in [4.78, 5) is 13.2. The number of ether oxygens (including phenoxy) is 1. The van der Waals surface area contributed by atoms with Crippen molar-refractivity contribution < 1.29 is 17.9 Å². The van der Waals surface area contributed by atoms with E-state index in [9.17, 15) is 13.2 Å². The minimum Gasteiger partial charge on any atom is -0.496 e. The van der Waals surface area contributed by atoms with Crippen molar-refractivity contribution in [2.24, 2.45) is 0 Å². The van der Waals surface area contributed by atoms with E-state index in [4.69, 9.17) is 4.74 Å². The molecule has 0 saturated carbocycles. The molecule has 0 saturated heterocycles. The van der Waals surface area contributed by atoms with Gasteiger partial charge in [-0.1, -0.05) is 62.7 Å². The standard InChI is InChI=1S/C28H33BrN2O4S/c1-19-7-13-23(14-8-19)31(36(33,34)24-15-16-26(35-6)25(29)17-24)18-27(32)30-20(2)21-9-11-22(12-10-21)28(3,4)5/h7-17,20H,18H2,1-6H3,(H,30,32). The third-order valence-corrected chi connectivity index (χ3v) is 8.36. The molecule has 1 atom stereocenters. The van der Waals surface area contributed by atoms with Crippen molar-refractivity contribution in [2.75, 3.05) is 18.0 Å². The Morgan fingerprint density at radius 2 is 1.64 bits per heavy atom. The fraction of sp³-hybridized carbons (Fsp3) is 0.321. The number of rotatable bonds is 8. The molecule has 36 heavy (non-hydrogen) atoms. The number of hydrogen-bond donors (Lipinski definition) is 1. The number of anilines is 1. The van der Waals surface area contributed by atoms with Crippen molar-refractivity contribution in [3.05, 3.63) is 87.9 Å². The van der Waals surface area contributed by atoms with Crippen LogP contribution in [0.2, 0.25) is 0 Å². The minimum absolute atomic E-state index is 0.0321. The van der Waals surface area contributed by atoms with Crippen molar-refractivity contribution in [2.45, 2.75) is 51.0 Å². The van der Waals surface area contributed by atoms with Crippen LogP contribution < -0.4 is 14.4 Å². The third kappa shape index (κ3) is 6.48. The summed E-state index contributed by atoms with van der Waals surface area (Å²) in [5, 5.41) is 2.94. The SMILES string of the molecule is COc1ccc(S(=O)(=O)N(CC(=O)NC(C)c2ccc(C(C)(C)C)cc2)c2ccc(C)cc2)cc1Br. The van der Waals surface area contributed by atoms with Crippen molar-refractivity contribution in [1.82, 2.24) is 5.32 Å². The van der Waals surface area contributed by atoms with Gasteiger partial charge in [0.2, 0.25) is 5.91 Å². The van der Waals surface area contributed by atoms with Crippen molar-refractivity contribution in [3.8, 4) is 5.75 Å². The first kappa shape index (κ1) is 27.7. The second kappa shape index (κ2) is 11.0. The number of aryl methyl sites for hydroxylation is 1. The van der Waals surface area contributed by atoms with Crippen LogP contribution in [-0.2, 0) is 20.2 Å². The van der Waals surface area contributed by atoms with E-state index in [2.05, 4.69) is 54.2 Å². The Morgan fingerprint density at radius 1 is 1.03 bits per heavy atom. The molecule has 0 aliphatic rings. The summed E-state index contributed by atoms with van der Waals surface area (Å²) in [6.45, 7) is 9.88. The van der Waals surface area contributed by atoms with E-state index in [0.717, 1.165) is 15.4 Å². The molecule has 0 radical (unpaired) electrons. The smallest absolute Gasteiger partial charge is 0.264 e. The Labute approximate surface area is 222 Å². The number of amides is 1. The second-order valence-corrected chi connectivity index (χ2v) is 12.5. The summed E-state index contributed by atoms with van der Waals surface area (Å²) in [6.07, 6.45) is 0. The molecule has 3 aromatic rings. The molecule has 0 heterocycles. The molecule has 0 spiro atoms. The van der Waals surface area contributed by atoms with Gasteiger partial charge in [0.1, 0.15) is 12.3 Å². The van der Waals surface area contributed by atoms with Gasteiger partial charge < -0.3 is 10.1 Å². The van der Waals surface area contributed by atoms with Crippen LogP contribution in [0.4, 0.5) is 5.69 Å². The molecular formula is C28H33BrN2O4S. The molecule has 0 aliphatic heterocycles. The van der Waals surface area contributed by atoms with Gasteiger partial charge in [0, 0.05) is 0 Å². The maximum Gasteiger partial charge on any atom is 0.264 e. The minimum atomic E-state index is -4.04. The van der Waals surface area contributed by atoms with Crippen molar-refractivity contribution >= 4 is 37.5 Å².